The van der Waals surface area contributed by atoms with E-state index in [4.69, 9.17) is 4.74 Å². The van der Waals surface area contributed by atoms with Crippen LogP contribution in [0.4, 0.5) is 5.13 Å². The number of rotatable bonds is 6. The Morgan fingerprint density at radius 3 is 2.88 bits per heavy atom. The average Bonchev–Trinajstić information content (AvgIpc) is 3.20. The number of nitrogens with zero attached hydrogens (tertiary/aromatic N) is 6. The highest BCUT2D eigenvalue weighted by molar-refractivity contribution is 8.01. The molecule has 0 spiro atoms. The molecule has 0 aliphatic heterocycles. The Hall–Kier alpha value is -2.60. The highest BCUT2D eigenvalue weighted by Gasteiger charge is 2.17. The SMILES string of the molecule is CCOC(=O)CSc1nnc(NC(=O)c2nc3nc(C)cc(C)n3n2)s1. The minimum Gasteiger partial charge on any atom is -0.465 e. The normalized spacial score (nSPS) is 10.9. The second kappa shape index (κ2) is 7.74. The molecule has 0 unspecified atom stereocenters. The number of anilines is 1. The molecule has 3 aromatic heterocycles. The fraction of sp³-hybridized carbons (Fsp3) is 0.357. The molecule has 1 N–H and O–H groups in total. The lowest BCUT2D eigenvalue weighted by Crippen LogP contribution is -2.13. The van der Waals surface area contributed by atoms with Gasteiger partial charge in [0.05, 0.1) is 12.4 Å². The molecule has 10 nitrogen and oxygen atoms in total. The lowest BCUT2D eigenvalue weighted by molar-refractivity contribution is -0.139. The number of carbonyl (C=O) groups is 2. The summed E-state index contributed by atoms with van der Waals surface area (Å²) in [5.41, 5.74) is 1.62. The van der Waals surface area contributed by atoms with Crippen LogP contribution < -0.4 is 5.32 Å². The molecule has 0 aliphatic carbocycles. The fourth-order valence-electron chi connectivity index (χ4n) is 2.06. The van der Waals surface area contributed by atoms with Crippen molar-refractivity contribution in [2.75, 3.05) is 17.7 Å². The van der Waals surface area contributed by atoms with Crippen molar-refractivity contribution in [3.63, 3.8) is 0 Å². The van der Waals surface area contributed by atoms with Crippen LogP contribution >= 0.6 is 23.1 Å². The third-order valence-electron chi connectivity index (χ3n) is 3.07. The van der Waals surface area contributed by atoms with Gasteiger partial charge >= 0.3 is 5.97 Å². The molecule has 1 amide bonds. The number of amides is 1. The van der Waals surface area contributed by atoms with E-state index in [-0.39, 0.29) is 17.5 Å². The fourth-order valence-corrected chi connectivity index (χ4v) is 3.60. The molecule has 0 saturated carbocycles. The minimum absolute atomic E-state index is 0.0119. The number of fused-ring (bicyclic) bond motifs is 1. The molecule has 3 aromatic rings. The van der Waals surface area contributed by atoms with Gasteiger partial charge < -0.3 is 4.74 Å². The summed E-state index contributed by atoms with van der Waals surface area (Å²) in [6.07, 6.45) is 0. The third kappa shape index (κ3) is 4.14. The summed E-state index contributed by atoms with van der Waals surface area (Å²) in [6, 6.07) is 1.85. The molecular weight excluding hydrogens is 378 g/mol. The molecule has 26 heavy (non-hydrogen) atoms. The monoisotopic (exact) mass is 393 g/mol. The van der Waals surface area contributed by atoms with Crippen molar-refractivity contribution >= 4 is 45.9 Å². The summed E-state index contributed by atoms with van der Waals surface area (Å²) in [5, 5.41) is 14.8. The summed E-state index contributed by atoms with van der Waals surface area (Å²) in [5.74, 6) is -0.358. The van der Waals surface area contributed by atoms with Gasteiger partial charge in [-0.15, -0.1) is 15.3 Å². The second-order valence-electron chi connectivity index (χ2n) is 5.11. The zero-order valence-corrected chi connectivity index (χ0v) is 15.8. The first-order valence-electron chi connectivity index (χ1n) is 7.60. The Bertz CT molecular complexity index is 969. The Morgan fingerprint density at radius 1 is 1.31 bits per heavy atom. The average molecular weight is 393 g/mol. The molecule has 136 valence electrons. The minimum atomic E-state index is -0.509. The van der Waals surface area contributed by atoms with Crippen molar-refractivity contribution in [1.82, 2.24) is 29.8 Å². The first kappa shape index (κ1) is 18.2. The van der Waals surface area contributed by atoms with Gasteiger partial charge in [0, 0.05) is 11.4 Å². The summed E-state index contributed by atoms with van der Waals surface area (Å²) in [6.45, 7) is 5.78. The van der Waals surface area contributed by atoms with Gasteiger partial charge in [0.2, 0.25) is 11.0 Å². The predicted octanol–water partition coefficient (Wildman–Crippen LogP) is 1.50. The molecule has 0 aliphatic rings. The molecule has 12 heteroatoms. The lowest BCUT2D eigenvalue weighted by atomic mass is 10.4. The van der Waals surface area contributed by atoms with Crippen LogP contribution in [-0.2, 0) is 9.53 Å². The Kier molecular flexibility index (Phi) is 5.42. The molecule has 0 aromatic carbocycles. The van der Waals surface area contributed by atoms with Gasteiger partial charge in [-0.2, -0.15) is 4.98 Å². The number of aromatic nitrogens is 6. The predicted molar refractivity (Wildman–Crippen MR) is 95.5 cm³/mol. The van der Waals surface area contributed by atoms with E-state index in [1.165, 1.54) is 16.3 Å². The number of nitrogens with one attached hydrogen (secondary N) is 1. The summed E-state index contributed by atoms with van der Waals surface area (Å²) in [4.78, 5) is 32.0. The van der Waals surface area contributed by atoms with Crippen LogP contribution in [0.25, 0.3) is 5.78 Å². The first-order valence-corrected chi connectivity index (χ1v) is 9.40. The molecule has 3 heterocycles. The summed E-state index contributed by atoms with van der Waals surface area (Å²) in [7, 11) is 0. The maximum atomic E-state index is 12.3. The topological polar surface area (TPSA) is 124 Å². The zero-order valence-electron chi connectivity index (χ0n) is 14.2. The van der Waals surface area contributed by atoms with Crippen molar-refractivity contribution in [3.8, 4) is 0 Å². The van der Waals surface area contributed by atoms with Crippen LogP contribution in [0, 0.1) is 13.8 Å². The van der Waals surface area contributed by atoms with Crippen molar-refractivity contribution in [2.45, 2.75) is 25.1 Å². The van der Waals surface area contributed by atoms with Crippen LogP contribution in [0.1, 0.15) is 28.9 Å². The standard InChI is InChI=1S/C14H15N7O3S2/c1-4-24-9(22)6-25-14-19-18-13(26-14)17-11(23)10-16-12-15-7(2)5-8(3)21(12)20-10/h5H,4,6H2,1-3H3,(H,17,18,23). The van der Waals surface area contributed by atoms with Gasteiger partial charge in [-0.1, -0.05) is 23.1 Å². The maximum Gasteiger partial charge on any atom is 0.316 e. The number of aryl methyl sites for hydroxylation is 2. The van der Waals surface area contributed by atoms with Gasteiger partial charge in [0.15, 0.2) is 4.34 Å². The van der Waals surface area contributed by atoms with Crippen LogP contribution in [-0.4, -0.2) is 54.0 Å². The Labute approximate surface area is 156 Å². The Morgan fingerprint density at radius 2 is 2.12 bits per heavy atom. The van der Waals surface area contributed by atoms with Crippen LogP contribution in [0.2, 0.25) is 0 Å². The second-order valence-corrected chi connectivity index (χ2v) is 7.31. The van der Waals surface area contributed by atoms with Crippen molar-refractivity contribution in [2.24, 2.45) is 0 Å². The van der Waals surface area contributed by atoms with Crippen molar-refractivity contribution in [1.29, 1.82) is 0 Å². The number of hydrogen-bond donors (Lipinski definition) is 1. The molecule has 0 saturated heterocycles. The van der Waals surface area contributed by atoms with Gasteiger partial charge in [0.25, 0.3) is 11.7 Å². The highest BCUT2D eigenvalue weighted by atomic mass is 32.2. The summed E-state index contributed by atoms with van der Waals surface area (Å²) >= 11 is 2.34. The number of thioether (sulfide) groups is 1. The van der Waals surface area contributed by atoms with Crippen LogP contribution in [0.15, 0.2) is 10.4 Å². The summed E-state index contributed by atoms with van der Waals surface area (Å²) < 4.78 is 6.89. The smallest absolute Gasteiger partial charge is 0.316 e. The third-order valence-corrected chi connectivity index (χ3v) is 5.01. The van der Waals surface area contributed by atoms with E-state index in [2.05, 4.69) is 30.6 Å². The number of ether oxygens (including phenoxy) is 1. The molecule has 0 radical (unpaired) electrons. The van der Waals surface area contributed by atoms with E-state index >= 15 is 0 Å². The van der Waals surface area contributed by atoms with Crippen LogP contribution in [0.3, 0.4) is 0 Å². The molecule has 0 bridgehead atoms. The van der Waals surface area contributed by atoms with Crippen molar-refractivity contribution < 1.29 is 14.3 Å². The van der Waals surface area contributed by atoms with E-state index in [9.17, 15) is 9.59 Å². The van der Waals surface area contributed by atoms with Gasteiger partial charge in [-0.3, -0.25) is 14.9 Å². The molecule has 0 atom stereocenters. The highest BCUT2D eigenvalue weighted by Crippen LogP contribution is 2.25. The largest absolute Gasteiger partial charge is 0.465 e. The molecule has 0 fully saturated rings. The van der Waals surface area contributed by atoms with Crippen LogP contribution in [0.5, 0.6) is 0 Å². The quantitative estimate of drug-likeness (QED) is 0.377. The first-order chi connectivity index (χ1) is 12.5. The number of esters is 1. The van der Waals surface area contributed by atoms with E-state index in [1.54, 1.807) is 6.92 Å². The van der Waals surface area contributed by atoms with E-state index in [1.807, 2.05) is 19.9 Å². The van der Waals surface area contributed by atoms with E-state index < -0.39 is 5.91 Å². The van der Waals surface area contributed by atoms with Gasteiger partial charge in [-0.25, -0.2) is 9.50 Å². The number of hydrogen-bond acceptors (Lipinski definition) is 10. The van der Waals surface area contributed by atoms with E-state index in [0.29, 0.717) is 21.9 Å². The zero-order chi connectivity index (χ0) is 18.7. The van der Waals surface area contributed by atoms with E-state index in [0.717, 1.165) is 22.7 Å². The molecule has 3 rings (SSSR count). The van der Waals surface area contributed by atoms with Gasteiger partial charge in [-0.05, 0) is 26.8 Å². The molecular formula is C14H15N7O3S2. The number of carbonyl (C=O) groups excluding carboxylic acids is 2. The maximum absolute atomic E-state index is 12.3. The lowest BCUT2D eigenvalue weighted by Gasteiger charge is -1.98. The van der Waals surface area contributed by atoms with Crippen molar-refractivity contribution in [3.05, 3.63) is 23.3 Å². The van der Waals surface area contributed by atoms with Gasteiger partial charge in [0.1, 0.15) is 0 Å². The Balaban J connectivity index is 1.67.